The summed E-state index contributed by atoms with van der Waals surface area (Å²) in [6.07, 6.45) is 13.0. The van der Waals surface area contributed by atoms with E-state index in [0.29, 0.717) is 17.8 Å². The minimum atomic E-state index is -0.582. The highest BCUT2D eigenvalue weighted by Crippen LogP contribution is 2.68. The molecule has 3 fully saturated rings. The molecule has 0 amide bonds. The Hall–Kier alpha value is -0.340. The zero-order chi connectivity index (χ0) is 15.8. The van der Waals surface area contributed by atoms with Gasteiger partial charge in [-0.1, -0.05) is 26.0 Å². The fraction of sp³-hybridized carbons (Fsp3) is 0.900. The van der Waals surface area contributed by atoms with Crippen LogP contribution in [0.2, 0.25) is 0 Å². The summed E-state index contributed by atoms with van der Waals surface area (Å²) >= 11 is 0. The highest BCUT2D eigenvalue weighted by molar-refractivity contribution is 5.21. The smallest absolute Gasteiger partial charge is 0.0883 e. The molecule has 0 spiro atoms. The third-order valence-electron chi connectivity index (χ3n) is 8.89. The van der Waals surface area contributed by atoms with Crippen molar-refractivity contribution in [2.24, 2.45) is 28.6 Å². The summed E-state index contributed by atoms with van der Waals surface area (Å²) in [6, 6.07) is 0. The zero-order valence-corrected chi connectivity index (χ0v) is 14.4. The van der Waals surface area contributed by atoms with E-state index in [0.717, 1.165) is 38.5 Å². The van der Waals surface area contributed by atoms with Crippen LogP contribution in [0.25, 0.3) is 0 Å². The van der Waals surface area contributed by atoms with Crippen molar-refractivity contribution in [1.82, 2.24) is 0 Å². The Balaban J connectivity index is 1.71. The molecule has 0 aromatic carbocycles. The van der Waals surface area contributed by atoms with E-state index in [9.17, 15) is 10.2 Å². The summed E-state index contributed by atoms with van der Waals surface area (Å²) in [7, 11) is 0. The topological polar surface area (TPSA) is 40.5 Å². The minimum absolute atomic E-state index is 0.0421. The van der Waals surface area contributed by atoms with E-state index in [1.54, 1.807) is 0 Å². The second-order valence-electron chi connectivity index (χ2n) is 9.47. The van der Waals surface area contributed by atoms with Crippen LogP contribution in [0.4, 0.5) is 0 Å². The van der Waals surface area contributed by atoms with E-state index in [4.69, 9.17) is 0 Å². The second-order valence-corrected chi connectivity index (χ2v) is 9.47. The number of aliphatic hydroxyl groups is 2. The van der Waals surface area contributed by atoms with Gasteiger partial charge in [0.1, 0.15) is 0 Å². The summed E-state index contributed by atoms with van der Waals surface area (Å²) in [4.78, 5) is 0. The van der Waals surface area contributed by atoms with Gasteiger partial charge in [0.05, 0.1) is 11.2 Å². The van der Waals surface area contributed by atoms with E-state index in [2.05, 4.69) is 32.9 Å². The van der Waals surface area contributed by atoms with Crippen LogP contribution < -0.4 is 0 Å². The predicted molar refractivity (Wildman–Crippen MR) is 88.3 cm³/mol. The number of allylic oxidation sites excluding steroid dienone is 1. The lowest BCUT2D eigenvalue weighted by Crippen LogP contribution is -2.61. The standard InChI is InChI=1S/C20H32O2/c1-17-11-7-16-14(15(17)8-12-19(17,3)21)6-13-20(22)10-5-4-9-18(16,20)2/h5,10,14-16,21-22H,4,6-9,11-13H2,1-3H3. The van der Waals surface area contributed by atoms with Crippen LogP contribution in [0.5, 0.6) is 0 Å². The minimum Gasteiger partial charge on any atom is -0.390 e. The fourth-order valence-corrected chi connectivity index (χ4v) is 7.05. The van der Waals surface area contributed by atoms with Crippen LogP contribution in [-0.2, 0) is 0 Å². The van der Waals surface area contributed by atoms with Crippen LogP contribution in [0.1, 0.15) is 72.1 Å². The SMILES string of the molecule is CC1(O)CCC2C3CCC4(O)C=CCCC4(C)C3CCC21C. The first-order valence-corrected chi connectivity index (χ1v) is 9.36. The molecule has 2 nitrogen and oxygen atoms in total. The molecule has 7 unspecified atom stereocenters. The van der Waals surface area contributed by atoms with Gasteiger partial charge in [0.2, 0.25) is 0 Å². The largest absolute Gasteiger partial charge is 0.390 e. The van der Waals surface area contributed by atoms with E-state index < -0.39 is 11.2 Å². The van der Waals surface area contributed by atoms with Gasteiger partial charge in [-0.2, -0.15) is 0 Å². The molecular weight excluding hydrogens is 272 g/mol. The predicted octanol–water partition coefficient (Wildman–Crippen LogP) is 4.06. The third-order valence-corrected chi connectivity index (χ3v) is 8.89. The molecule has 4 aliphatic rings. The molecule has 124 valence electrons. The van der Waals surface area contributed by atoms with E-state index in [-0.39, 0.29) is 10.8 Å². The van der Waals surface area contributed by atoms with Gasteiger partial charge >= 0.3 is 0 Å². The van der Waals surface area contributed by atoms with E-state index in [1.165, 1.54) is 12.8 Å². The summed E-state index contributed by atoms with van der Waals surface area (Å²) in [5.41, 5.74) is -0.948. The molecule has 0 radical (unpaired) electrons. The van der Waals surface area contributed by atoms with Crippen LogP contribution in [-0.4, -0.2) is 21.4 Å². The molecule has 22 heavy (non-hydrogen) atoms. The lowest BCUT2D eigenvalue weighted by atomic mass is 9.44. The van der Waals surface area contributed by atoms with Crippen LogP contribution in [0.3, 0.4) is 0 Å². The fourth-order valence-electron chi connectivity index (χ4n) is 7.05. The van der Waals surface area contributed by atoms with Crippen molar-refractivity contribution in [1.29, 1.82) is 0 Å². The maximum Gasteiger partial charge on any atom is 0.0883 e. The molecule has 4 aliphatic carbocycles. The highest BCUT2D eigenvalue weighted by Gasteiger charge is 2.65. The van der Waals surface area contributed by atoms with E-state index in [1.807, 2.05) is 0 Å². The van der Waals surface area contributed by atoms with Crippen molar-refractivity contribution in [3.8, 4) is 0 Å². The van der Waals surface area contributed by atoms with Crippen molar-refractivity contribution in [3.63, 3.8) is 0 Å². The molecule has 0 aromatic heterocycles. The molecule has 2 heteroatoms. The van der Waals surface area contributed by atoms with Gasteiger partial charge in [0.15, 0.2) is 0 Å². The quantitative estimate of drug-likeness (QED) is 0.663. The van der Waals surface area contributed by atoms with Crippen LogP contribution in [0.15, 0.2) is 12.2 Å². The molecule has 0 saturated heterocycles. The summed E-state index contributed by atoms with van der Waals surface area (Å²) < 4.78 is 0. The average molecular weight is 304 g/mol. The normalized spacial score (nSPS) is 60.5. The van der Waals surface area contributed by atoms with Gasteiger partial charge < -0.3 is 10.2 Å². The molecule has 0 aliphatic heterocycles. The Bertz CT molecular complexity index is 510. The number of fused-ring (bicyclic) bond motifs is 5. The number of hydrogen-bond acceptors (Lipinski definition) is 2. The molecule has 3 saturated carbocycles. The summed E-state index contributed by atoms with van der Waals surface area (Å²) in [5.74, 6) is 1.97. The summed E-state index contributed by atoms with van der Waals surface area (Å²) in [6.45, 7) is 6.76. The third kappa shape index (κ3) is 1.64. The lowest BCUT2D eigenvalue weighted by molar-refractivity contribution is -0.183. The van der Waals surface area contributed by atoms with Gasteiger partial charge in [-0.05, 0) is 81.5 Å². The van der Waals surface area contributed by atoms with Crippen LogP contribution >= 0.6 is 0 Å². The number of rotatable bonds is 0. The maximum absolute atomic E-state index is 11.3. The van der Waals surface area contributed by atoms with Crippen molar-refractivity contribution >= 4 is 0 Å². The van der Waals surface area contributed by atoms with Gasteiger partial charge in [-0.15, -0.1) is 0 Å². The Morgan fingerprint density at radius 2 is 1.50 bits per heavy atom. The van der Waals surface area contributed by atoms with Gasteiger partial charge in [-0.3, -0.25) is 0 Å². The Kier molecular flexibility index (Phi) is 3.03. The summed E-state index contributed by atoms with van der Waals surface area (Å²) in [5, 5.41) is 22.2. The molecular formula is C20H32O2. The number of hydrogen-bond donors (Lipinski definition) is 2. The Morgan fingerprint density at radius 1 is 0.818 bits per heavy atom. The molecule has 2 N–H and O–H groups in total. The first kappa shape index (κ1) is 15.2. The van der Waals surface area contributed by atoms with Crippen molar-refractivity contribution in [2.75, 3.05) is 0 Å². The second kappa shape index (κ2) is 4.39. The highest BCUT2D eigenvalue weighted by atomic mass is 16.3. The molecule has 4 rings (SSSR count). The zero-order valence-electron chi connectivity index (χ0n) is 14.4. The first-order valence-electron chi connectivity index (χ1n) is 9.36. The molecule has 0 bridgehead atoms. The van der Waals surface area contributed by atoms with Gasteiger partial charge in [-0.25, -0.2) is 0 Å². The van der Waals surface area contributed by atoms with Gasteiger partial charge in [0.25, 0.3) is 0 Å². The van der Waals surface area contributed by atoms with Crippen molar-refractivity contribution in [2.45, 2.75) is 83.3 Å². The van der Waals surface area contributed by atoms with Gasteiger partial charge in [0, 0.05) is 5.41 Å². The molecule has 0 aromatic rings. The lowest BCUT2D eigenvalue weighted by Gasteiger charge is -2.62. The Morgan fingerprint density at radius 3 is 2.27 bits per heavy atom. The van der Waals surface area contributed by atoms with Crippen molar-refractivity contribution in [3.05, 3.63) is 12.2 Å². The van der Waals surface area contributed by atoms with Crippen LogP contribution in [0, 0.1) is 28.6 Å². The Labute approximate surface area is 135 Å². The molecule has 7 atom stereocenters. The van der Waals surface area contributed by atoms with E-state index >= 15 is 0 Å². The monoisotopic (exact) mass is 304 g/mol. The average Bonchev–Trinajstić information content (AvgIpc) is 2.70. The molecule has 0 heterocycles. The maximum atomic E-state index is 11.3. The van der Waals surface area contributed by atoms with Crippen molar-refractivity contribution < 1.29 is 10.2 Å². The first-order chi connectivity index (χ1) is 10.2.